The van der Waals surface area contributed by atoms with E-state index in [2.05, 4.69) is 5.10 Å². The molecule has 0 radical (unpaired) electrons. The Morgan fingerprint density at radius 3 is 2.36 bits per heavy atom. The minimum absolute atomic E-state index is 0.250. The van der Waals surface area contributed by atoms with Crippen molar-refractivity contribution in [3.05, 3.63) is 71.5 Å². The van der Waals surface area contributed by atoms with Gasteiger partial charge in [-0.3, -0.25) is 0 Å². The minimum Gasteiger partial charge on any atom is -0.504 e. The highest BCUT2D eigenvalue weighted by molar-refractivity contribution is 5.43. The third-order valence-electron chi connectivity index (χ3n) is 3.65. The molecule has 0 aliphatic carbocycles. The van der Waals surface area contributed by atoms with Crippen molar-refractivity contribution in [3.8, 4) is 17.2 Å². The molecule has 0 saturated carbocycles. The summed E-state index contributed by atoms with van der Waals surface area (Å²) in [5, 5.41) is 14.8. The summed E-state index contributed by atoms with van der Waals surface area (Å²) in [7, 11) is 1.65. The molecule has 0 atom stereocenters. The van der Waals surface area contributed by atoms with Gasteiger partial charge in [0.25, 0.3) is 0 Å². The zero-order valence-corrected chi connectivity index (χ0v) is 12.7. The van der Waals surface area contributed by atoms with Crippen LogP contribution in [0.25, 0.3) is 5.69 Å². The first-order valence-corrected chi connectivity index (χ1v) is 7.15. The summed E-state index contributed by atoms with van der Waals surface area (Å²) in [6.45, 7) is 1.81. The molecule has 0 amide bonds. The van der Waals surface area contributed by atoms with Crippen LogP contribution >= 0.6 is 0 Å². The molecular weight excluding hydrogens is 276 g/mol. The fourth-order valence-corrected chi connectivity index (χ4v) is 2.44. The van der Waals surface area contributed by atoms with Gasteiger partial charge in [-0.2, -0.15) is 5.10 Å². The Bertz CT molecular complexity index is 762. The van der Waals surface area contributed by atoms with E-state index in [1.165, 1.54) is 0 Å². The van der Waals surface area contributed by atoms with Crippen LogP contribution in [0, 0.1) is 6.92 Å². The third-order valence-corrected chi connectivity index (χ3v) is 3.65. The maximum atomic E-state index is 10.3. The monoisotopic (exact) mass is 294 g/mol. The molecule has 3 aromatic rings. The lowest BCUT2D eigenvalue weighted by molar-refractivity contribution is 0.414. The van der Waals surface area contributed by atoms with E-state index < -0.39 is 0 Å². The van der Waals surface area contributed by atoms with Crippen LogP contribution in [0.1, 0.15) is 17.0 Å². The van der Waals surface area contributed by atoms with Crippen molar-refractivity contribution >= 4 is 0 Å². The van der Waals surface area contributed by atoms with Crippen LogP contribution in [0.15, 0.2) is 54.6 Å². The second-order valence-corrected chi connectivity index (χ2v) is 5.15. The van der Waals surface area contributed by atoms with Crippen molar-refractivity contribution in [2.75, 3.05) is 7.11 Å². The summed E-state index contributed by atoms with van der Waals surface area (Å²) in [4.78, 5) is 0. The van der Waals surface area contributed by atoms with E-state index in [9.17, 15) is 5.11 Å². The van der Waals surface area contributed by atoms with Gasteiger partial charge in [-0.15, -0.1) is 0 Å². The lowest BCUT2D eigenvalue weighted by Crippen LogP contribution is -2.03. The average molecular weight is 294 g/mol. The summed E-state index contributed by atoms with van der Waals surface area (Å²) in [5.74, 6) is 1.07. The zero-order chi connectivity index (χ0) is 15.5. The van der Waals surface area contributed by atoms with Crippen molar-refractivity contribution < 1.29 is 9.84 Å². The Hall–Kier alpha value is -2.75. The molecule has 112 valence electrons. The van der Waals surface area contributed by atoms with Crippen LogP contribution in [0.4, 0.5) is 0 Å². The van der Waals surface area contributed by atoms with Crippen LogP contribution in [-0.2, 0) is 6.42 Å². The Kier molecular flexibility index (Phi) is 3.83. The van der Waals surface area contributed by atoms with Gasteiger partial charge >= 0.3 is 0 Å². The molecule has 0 aliphatic heterocycles. The van der Waals surface area contributed by atoms with Crippen LogP contribution < -0.4 is 4.74 Å². The van der Waals surface area contributed by atoms with Gasteiger partial charge in [0.15, 0.2) is 5.75 Å². The predicted molar refractivity (Wildman–Crippen MR) is 85.8 cm³/mol. The third kappa shape index (κ3) is 2.68. The van der Waals surface area contributed by atoms with Gasteiger partial charge in [-0.05, 0) is 36.8 Å². The molecule has 2 aromatic carbocycles. The number of methoxy groups -OCH3 is 1. The van der Waals surface area contributed by atoms with E-state index in [1.54, 1.807) is 11.8 Å². The van der Waals surface area contributed by atoms with Gasteiger partial charge in [0.05, 0.1) is 18.5 Å². The summed E-state index contributed by atoms with van der Waals surface area (Å²) in [6, 6.07) is 17.7. The van der Waals surface area contributed by atoms with E-state index in [0.717, 1.165) is 22.7 Å². The highest BCUT2D eigenvalue weighted by Gasteiger charge is 2.16. The number of aryl methyl sites for hydroxylation is 1. The minimum atomic E-state index is 0.250. The fraction of sp³-hybridized carbons (Fsp3) is 0.167. The zero-order valence-electron chi connectivity index (χ0n) is 12.7. The van der Waals surface area contributed by atoms with E-state index in [0.29, 0.717) is 12.1 Å². The number of para-hydroxylation sites is 1. The number of aromatic hydroxyl groups is 1. The molecule has 4 nitrogen and oxygen atoms in total. The molecule has 0 fully saturated rings. The number of benzene rings is 2. The van der Waals surface area contributed by atoms with Crippen LogP contribution in [-0.4, -0.2) is 22.0 Å². The largest absolute Gasteiger partial charge is 0.504 e. The molecule has 0 spiro atoms. The maximum Gasteiger partial charge on any atom is 0.160 e. The first-order chi connectivity index (χ1) is 10.7. The molecule has 0 unspecified atom stereocenters. The van der Waals surface area contributed by atoms with Crippen molar-refractivity contribution in [2.24, 2.45) is 0 Å². The summed E-state index contributed by atoms with van der Waals surface area (Å²) in [5.41, 5.74) is 3.45. The predicted octanol–water partition coefficient (Wildman–Crippen LogP) is 3.49. The van der Waals surface area contributed by atoms with Gasteiger partial charge in [-0.25, -0.2) is 4.68 Å². The van der Waals surface area contributed by atoms with Crippen molar-refractivity contribution in [3.63, 3.8) is 0 Å². The van der Waals surface area contributed by atoms with E-state index in [-0.39, 0.29) is 5.75 Å². The molecule has 1 heterocycles. The average Bonchev–Trinajstić information content (AvgIpc) is 2.85. The smallest absolute Gasteiger partial charge is 0.160 e. The Balaban J connectivity index is 1.99. The molecule has 0 bridgehead atoms. The lowest BCUT2D eigenvalue weighted by atomic mass is 10.1. The van der Waals surface area contributed by atoms with Gasteiger partial charge in [-0.1, -0.05) is 30.3 Å². The normalized spacial score (nSPS) is 10.6. The lowest BCUT2D eigenvalue weighted by Gasteiger charge is -2.08. The Morgan fingerprint density at radius 2 is 1.73 bits per heavy atom. The summed E-state index contributed by atoms with van der Waals surface area (Å²) in [6.07, 6.45) is 0.603. The van der Waals surface area contributed by atoms with Gasteiger partial charge < -0.3 is 9.84 Å². The first-order valence-electron chi connectivity index (χ1n) is 7.15. The highest BCUT2D eigenvalue weighted by Crippen LogP contribution is 2.27. The van der Waals surface area contributed by atoms with E-state index in [4.69, 9.17) is 4.74 Å². The van der Waals surface area contributed by atoms with Crippen LogP contribution in [0.2, 0.25) is 0 Å². The fourth-order valence-electron chi connectivity index (χ4n) is 2.44. The van der Waals surface area contributed by atoms with Gasteiger partial charge in [0, 0.05) is 6.42 Å². The molecule has 22 heavy (non-hydrogen) atoms. The van der Waals surface area contributed by atoms with E-state index in [1.807, 2.05) is 61.5 Å². The number of hydrogen-bond acceptors (Lipinski definition) is 3. The molecule has 4 heteroatoms. The Morgan fingerprint density at radius 1 is 1.05 bits per heavy atom. The molecule has 1 aromatic heterocycles. The summed E-state index contributed by atoms with van der Waals surface area (Å²) >= 11 is 0. The molecule has 3 rings (SSSR count). The van der Waals surface area contributed by atoms with Gasteiger partial charge in [0.2, 0.25) is 0 Å². The molecule has 0 saturated heterocycles. The standard InChI is InChI=1S/C18H18N2O2/c1-13-18(21)17(12-14-8-10-16(22-2)11-9-14)20(19-13)15-6-4-3-5-7-15/h3-11,21H,12H2,1-2H3. The molecule has 0 aliphatic rings. The molecular formula is C18H18N2O2. The van der Waals surface area contributed by atoms with Crippen LogP contribution in [0.5, 0.6) is 11.5 Å². The Labute approximate surface area is 129 Å². The highest BCUT2D eigenvalue weighted by atomic mass is 16.5. The van der Waals surface area contributed by atoms with E-state index >= 15 is 0 Å². The molecule has 1 N–H and O–H groups in total. The van der Waals surface area contributed by atoms with Gasteiger partial charge in [0.1, 0.15) is 11.4 Å². The number of ether oxygens (including phenoxy) is 1. The first kappa shape index (κ1) is 14.2. The number of aromatic nitrogens is 2. The number of nitrogens with zero attached hydrogens (tertiary/aromatic N) is 2. The van der Waals surface area contributed by atoms with Crippen LogP contribution in [0.3, 0.4) is 0 Å². The van der Waals surface area contributed by atoms with Crippen molar-refractivity contribution in [1.29, 1.82) is 0 Å². The second-order valence-electron chi connectivity index (χ2n) is 5.15. The number of hydrogen-bond donors (Lipinski definition) is 1. The second kappa shape index (κ2) is 5.93. The quantitative estimate of drug-likeness (QED) is 0.801. The SMILES string of the molecule is COc1ccc(Cc2c(O)c(C)nn2-c2ccccc2)cc1. The number of rotatable bonds is 4. The maximum absolute atomic E-state index is 10.3. The van der Waals surface area contributed by atoms with Crippen molar-refractivity contribution in [2.45, 2.75) is 13.3 Å². The topological polar surface area (TPSA) is 47.3 Å². The van der Waals surface area contributed by atoms with Crippen molar-refractivity contribution in [1.82, 2.24) is 9.78 Å². The summed E-state index contributed by atoms with van der Waals surface area (Å²) < 4.78 is 6.97.